The molecule has 0 saturated carbocycles. The Kier molecular flexibility index (Phi) is 4.09. The first kappa shape index (κ1) is 16.0. The number of piperazine rings is 1. The molecule has 0 amide bonds. The van der Waals surface area contributed by atoms with Crippen molar-refractivity contribution in [1.29, 1.82) is 0 Å². The van der Waals surface area contributed by atoms with Crippen molar-refractivity contribution in [3.8, 4) is 17.0 Å². The van der Waals surface area contributed by atoms with Crippen LogP contribution >= 0.6 is 0 Å². The van der Waals surface area contributed by atoms with Gasteiger partial charge in [-0.25, -0.2) is 4.98 Å². The second kappa shape index (κ2) is 6.41. The van der Waals surface area contributed by atoms with Crippen molar-refractivity contribution < 1.29 is 4.74 Å². The molecule has 0 N–H and O–H groups in total. The van der Waals surface area contributed by atoms with E-state index in [0.29, 0.717) is 0 Å². The lowest BCUT2D eigenvalue weighted by Gasteiger charge is -2.33. The van der Waals surface area contributed by atoms with Crippen LogP contribution < -0.4 is 9.64 Å². The van der Waals surface area contributed by atoms with Gasteiger partial charge in [0.2, 0.25) is 0 Å². The highest BCUT2D eigenvalue weighted by atomic mass is 16.5. The Morgan fingerprint density at radius 3 is 2.56 bits per heavy atom. The van der Waals surface area contributed by atoms with Crippen molar-refractivity contribution in [1.82, 2.24) is 14.5 Å². The summed E-state index contributed by atoms with van der Waals surface area (Å²) in [5.41, 5.74) is 3.54. The maximum absolute atomic E-state index is 5.38. The van der Waals surface area contributed by atoms with Crippen LogP contribution in [0, 0.1) is 0 Å². The Morgan fingerprint density at radius 2 is 1.80 bits per heavy atom. The maximum Gasteiger partial charge on any atom is 0.138 e. The lowest BCUT2D eigenvalue weighted by Crippen LogP contribution is -2.44. The molecule has 1 saturated heterocycles. The minimum absolute atomic E-state index is 0.875. The first-order chi connectivity index (χ1) is 12.2. The molecule has 1 aromatic carbocycles. The van der Waals surface area contributed by atoms with Crippen LogP contribution in [0.3, 0.4) is 0 Å². The molecule has 0 bridgehead atoms. The van der Waals surface area contributed by atoms with E-state index in [-0.39, 0.29) is 0 Å². The number of aryl methyl sites for hydroxylation is 1. The van der Waals surface area contributed by atoms with Crippen LogP contribution in [0.5, 0.6) is 5.75 Å². The monoisotopic (exact) mass is 336 g/mol. The predicted octanol–water partition coefficient (Wildman–Crippen LogP) is 3.00. The number of rotatable bonds is 3. The van der Waals surface area contributed by atoms with Crippen LogP contribution in [0.25, 0.3) is 22.2 Å². The highest BCUT2D eigenvalue weighted by Crippen LogP contribution is 2.33. The van der Waals surface area contributed by atoms with Gasteiger partial charge >= 0.3 is 0 Å². The Balaban J connectivity index is 1.80. The van der Waals surface area contributed by atoms with E-state index in [0.717, 1.165) is 43.3 Å². The summed E-state index contributed by atoms with van der Waals surface area (Å²) in [5.74, 6) is 1.97. The van der Waals surface area contributed by atoms with Gasteiger partial charge in [0.25, 0.3) is 0 Å². The number of hydrogen-bond acceptors (Lipinski definition) is 4. The number of anilines is 1. The third-order valence-corrected chi connectivity index (χ3v) is 5.12. The first-order valence-corrected chi connectivity index (χ1v) is 8.70. The minimum atomic E-state index is 0.875. The molecule has 3 heterocycles. The van der Waals surface area contributed by atoms with Crippen molar-refractivity contribution in [3.63, 3.8) is 0 Å². The molecule has 5 nitrogen and oxygen atoms in total. The number of methoxy groups -OCH3 is 1. The van der Waals surface area contributed by atoms with Crippen molar-refractivity contribution in [2.24, 2.45) is 7.05 Å². The molecule has 0 radical (unpaired) electrons. The van der Waals surface area contributed by atoms with E-state index in [1.54, 1.807) is 7.11 Å². The van der Waals surface area contributed by atoms with Gasteiger partial charge in [-0.2, -0.15) is 0 Å². The summed E-state index contributed by atoms with van der Waals surface area (Å²) >= 11 is 0. The minimum Gasteiger partial charge on any atom is -0.497 e. The Labute approximate surface area is 148 Å². The van der Waals surface area contributed by atoms with Crippen molar-refractivity contribution >= 4 is 16.7 Å². The number of aromatic nitrogens is 2. The zero-order valence-electron chi connectivity index (χ0n) is 15.1. The lowest BCUT2D eigenvalue weighted by molar-refractivity contribution is 0.312. The molecule has 0 aliphatic carbocycles. The number of fused-ring (bicyclic) bond motifs is 1. The van der Waals surface area contributed by atoms with E-state index < -0.39 is 0 Å². The van der Waals surface area contributed by atoms with E-state index in [9.17, 15) is 0 Å². The van der Waals surface area contributed by atoms with E-state index in [2.05, 4.69) is 52.7 Å². The van der Waals surface area contributed by atoms with Gasteiger partial charge in [0, 0.05) is 56.1 Å². The van der Waals surface area contributed by atoms with Gasteiger partial charge in [-0.05, 0) is 31.3 Å². The highest BCUT2D eigenvalue weighted by molar-refractivity contribution is 5.95. The quantitative estimate of drug-likeness (QED) is 0.736. The molecule has 130 valence electrons. The average Bonchev–Trinajstić information content (AvgIpc) is 2.99. The fraction of sp³-hybridized carbons (Fsp3) is 0.350. The van der Waals surface area contributed by atoms with E-state index in [1.165, 1.54) is 16.6 Å². The number of likely N-dealkylation sites (N-methyl/N-ethyl adjacent to an activating group) is 1. The van der Waals surface area contributed by atoms with Crippen LogP contribution in [0.15, 0.2) is 42.6 Å². The van der Waals surface area contributed by atoms with Gasteiger partial charge in [-0.15, -0.1) is 0 Å². The summed E-state index contributed by atoms with van der Waals surface area (Å²) < 4.78 is 7.63. The average molecular weight is 336 g/mol. The van der Waals surface area contributed by atoms with Crippen LogP contribution in [0.4, 0.5) is 5.82 Å². The standard InChI is InChI=1S/C20H24N4O/c1-22-9-11-24(12-10-22)20-17-14-19(23(2)18(17)7-8-21-20)15-5-4-6-16(13-15)25-3/h4-8,13-14H,9-12H2,1-3H3. The van der Waals surface area contributed by atoms with Crippen molar-refractivity contribution in [2.75, 3.05) is 45.2 Å². The number of hydrogen-bond donors (Lipinski definition) is 0. The Bertz CT molecular complexity index is 894. The summed E-state index contributed by atoms with van der Waals surface area (Å²) in [6.45, 7) is 4.19. The first-order valence-electron chi connectivity index (χ1n) is 8.70. The summed E-state index contributed by atoms with van der Waals surface area (Å²) in [7, 11) is 6.00. The normalized spacial score (nSPS) is 15.7. The molecule has 0 spiro atoms. The molecule has 1 fully saturated rings. The van der Waals surface area contributed by atoms with Crippen LogP contribution in [0.1, 0.15) is 0 Å². The SMILES string of the molecule is COc1cccc(-c2cc3c(N4CCN(C)CC4)nccc3n2C)c1. The van der Waals surface area contributed by atoms with Gasteiger partial charge in [0.15, 0.2) is 0 Å². The molecule has 5 heteroatoms. The topological polar surface area (TPSA) is 33.5 Å². The molecule has 25 heavy (non-hydrogen) atoms. The zero-order valence-corrected chi connectivity index (χ0v) is 15.1. The van der Waals surface area contributed by atoms with Crippen LogP contribution in [-0.4, -0.2) is 54.8 Å². The Hall–Kier alpha value is -2.53. The van der Waals surface area contributed by atoms with Crippen molar-refractivity contribution in [3.05, 3.63) is 42.6 Å². The molecular weight excluding hydrogens is 312 g/mol. The molecular formula is C20H24N4O. The van der Waals surface area contributed by atoms with Gasteiger partial charge in [0.1, 0.15) is 11.6 Å². The van der Waals surface area contributed by atoms with Gasteiger partial charge in [0.05, 0.1) is 12.6 Å². The second-order valence-electron chi connectivity index (χ2n) is 6.68. The van der Waals surface area contributed by atoms with E-state index in [1.807, 2.05) is 18.3 Å². The van der Waals surface area contributed by atoms with Crippen LogP contribution in [-0.2, 0) is 7.05 Å². The van der Waals surface area contributed by atoms with Gasteiger partial charge in [-0.1, -0.05) is 12.1 Å². The number of nitrogens with zero attached hydrogens (tertiary/aromatic N) is 4. The van der Waals surface area contributed by atoms with Crippen molar-refractivity contribution in [2.45, 2.75) is 0 Å². The largest absolute Gasteiger partial charge is 0.497 e. The number of pyridine rings is 1. The molecule has 0 atom stereocenters. The highest BCUT2D eigenvalue weighted by Gasteiger charge is 2.19. The fourth-order valence-corrected chi connectivity index (χ4v) is 3.58. The zero-order chi connectivity index (χ0) is 17.4. The van der Waals surface area contributed by atoms with Gasteiger partial charge in [-0.3, -0.25) is 0 Å². The molecule has 3 aromatic rings. The third kappa shape index (κ3) is 2.85. The van der Waals surface area contributed by atoms with Gasteiger partial charge < -0.3 is 19.1 Å². The van der Waals surface area contributed by atoms with Crippen LogP contribution in [0.2, 0.25) is 0 Å². The summed E-state index contributed by atoms with van der Waals surface area (Å²) in [6, 6.07) is 12.6. The van der Waals surface area contributed by atoms with E-state index in [4.69, 9.17) is 9.72 Å². The smallest absolute Gasteiger partial charge is 0.138 e. The molecule has 4 rings (SSSR count). The molecule has 1 aliphatic rings. The number of benzene rings is 1. The predicted molar refractivity (Wildman–Crippen MR) is 102 cm³/mol. The number of ether oxygens (including phenoxy) is 1. The fourth-order valence-electron chi connectivity index (χ4n) is 3.58. The maximum atomic E-state index is 5.38. The molecule has 2 aromatic heterocycles. The summed E-state index contributed by atoms with van der Waals surface area (Å²) in [4.78, 5) is 9.47. The second-order valence-corrected chi connectivity index (χ2v) is 6.68. The lowest BCUT2D eigenvalue weighted by atomic mass is 10.1. The summed E-state index contributed by atoms with van der Waals surface area (Å²) in [5, 5.41) is 1.22. The molecule has 1 aliphatic heterocycles. The third-order valence-electron chi connectivity index (χ3n) is 5.12. The summed E-state index contributed by atoms with van der Waals surface area (Å²) in [6.07, 6.45) is 1.92. The Morgan fingerprint density at radius 1 is 1.00 bits per heavy atom. The molecule has 0 unspecified atom stereocenters. The van der Waals surface area contributed by atoms with E-state index >= 15 is 0 Å².